The molecule has 0 atom stereocenters. The van der Waals surface area contributed by atoms with Crippen molar-refractivity contribution >= 4 is 23.0 Å². The second kappa shape index (κ2) is 4.14. The average molecular weight is 238 g/mol. The van der Waals surface area contributed by atoms with E-state index < -0.39 is 0 Å². The Kier molecular flexibility index (Phi) is 2.48. The van der Waals surface area contributed by atoms with E-state index in [9.17, 15) is 0 Å². The van der Waals surface area contributed by atoms with Crippen molar-refractivity contribution in [3.8, 4) is 0 Å². The maximum absolute atomic E-state index is 4.48. The number of fused-ring (bicyclic) bond motifs is 2. The first kappa shape index (κ1) is 10.8. The molecule has 2 aromatic heterocycles. The molecule has 1 aliphatic rings. The number of nitrogens with zero attached hydrogens (tertiary/aromatic N) is 4. The van der Waals surface area contributed by atoms with Gasteiger partial charge in [-0.3, -0.25) is 0 Å². The molecule has 90 valence electrons. The Balaban J connectivity index is 2.23. The highest BCUT2D eigenvalue weighted by Crippen LogP contribution is 2.44. The van der Waals surface area contributed by atoms with Crippen LogP contribution in [0.2, 0.25) is 0 Å². The summed E-state index contributed by atoms with van der Waals surface area (Å²) in [6.45, 7) is 4.53. The molecule has 0 fully saturated rings. The molecule has 0 aromatic carbocycles. The quantitative estimate of drug-likeness (QED) is 0.753. The molecule has 1 aliphatic heterocycles. The van der Waals surface area contributed by atoms with Crippen LogP contribution in [0.1, 0.15) is 0 Å². The van der Waals surface area contributed by atoms with Crippen LogP contribution in [0.25, 0.3) is 0 Å². The molecule has 0 unspecified atom stereocenters. The van der Waals surface area contributed by atoms with E-state index in [2.05, 4.69) is 38.5 Å². The molecule has 3 heterocycles. The molecule has 4 heteroatoms. The fraction of sp³-hybridized carbons (Fsp3) is 0.143. The van der Waals surface area contributed by atoms with Gasteiger partial charge >= 0.3 is 0 Å². The lowest BCUT2D eigenvalue weighted by Crippen LogP contribution is -2.28. The summed E-state index contributed by atoms with van der Waals surface area (Å²) in [6, 6.07) is 7.99. The minimum Gasteiger partial charge on any atom is -0.325 e. The van der Waals surface area contributed by atoms with Crippen LogP contribution in [0.5, 0.6) is 0 Å². The summed E-state index contributed by atoms with van der Waals surface area (Å²) in [6.07, 6.45) is 5.49. The Bertz CT molecular complexity index is 546. The van der Waals surface area contributed by atoms with Crippen LogP contribution in [0.15, 0.2) is 49.3 Å². The monoisotopic (exact) mass is 238 g/mol. The second-order valence-electron chi connectivity index (χ2n) is 4.15. The molecule has 0 saturated carbocycles. The first-order chi connectivity index (χ1) is 8.83. The number of hydrogen-bond donors (Lipinski definition) is 0. The Morgan fingerprint density at radius 1 is 1.11 bits per heavy atom. The number of aromatic nitrogens is 2. The maximum atomic E-state index is 4.48. The van der Waals surface area contributed by atoms with Crippen LogP contribution >= 0.6 is 0 Å². The van der Waals surface area contributed by atoms with E-state index in [-0.39, 0.29) is 0 Å². The highest BCUT2D eigenvalue weighted by Gasteiger charge is 2.26. The summed E-state index contributed by atoms with van der Waals surface area (Å²) in [4.78, 5) is 13.1. The van der Waals surface area contributed by atoms with Gasteiger partial charge in [0.2, 0.25) is 0 Å². The van der Waals surface area contributed by atoms with E-state index in [1.54, 1.807) is 0 Å². The van der Waals surface area contributed by atoms with Crippen molar-refractivity contribution in [1.29, 1.82) is 0 Å². The van der Waals surface area contributed by atoms with E-state index in [0.29, 0.717) is 0 Å². The van der Waals surface area contributed by atoms with E-state index in [1.807, 2.05) is 37.7 Å². The van der Waals surface area contributed by atoms with Crippen LogP contribution in [-0.4, -0.2) is 23.6 Å². The minimum absolute atomic E-state index is 0.719. The van der Waals surface area contributed by atoms with Gasteiger partial charge in [-0.25, -0.2) is 9.97 Å². The fourth-order valence-corrected chi connectivity index (χ4v) is 2.26. The third kappa shape index (κ3) is 1.46. The average Bonchev–Trinajstić information content (AvgIpc) is 2.43. The van der Waals surface area contributed by atoms with Crippen molar-refractivity contribution in [3.63, 3.8) is 0 Å². The Morgan fingerprint density at radius 2 is 1.78 bits per heavy atom. The predicted octanol–water partition coefficient (Wildman–Crippen LogP) is 2.88. The third-order valence-corrected chi connectivity index (χ3v) is 3.07. The Labute approximate surface area is 106 Å². The van der Waals surface area contributed by atoms with Crippen LogP contribution in [0, 0.1) is 0 Å². The van der Waals surface area contributed by atoms with Crippen molar-refractivity contribution in [2.24, 2.45) is 0 Å². The molecule has 3 rings (SSSR count). The van der Waals surface area contributed by atoms with Gasteiger partial charge in [0.05, 0.1) is 11.4 Å². The van der Waals surface area contributed by atoms with Crippen molar-refractivity contribution in [1.82, 2.24) is 9.97 Å². The molecular weight excluding hydrogens is 224 g/mol. The minimum atomic E-state index is 0.719. The molecule has 0 spiro atoms. The summed E-state index contributed by atoms with van der Waals surface area (Å²) in [5.74, 6) is 1.89. The van der Waals surface area contributed by atoms with Gasteiger partial charge in [-0.2, -0.15) is 0 Å². The SMILES string of the molecule is C=CCN1c2cccnc2N(C)c2cccnc21. The first-order valence-corrected chi connectivity index (χ1v) is 5.85. The van der Waals surface area contributed by atoms with Gasteiger partial charge in [0.1, 0.15) is 0 Å². The van der Waals surface area contributed by atoms with Crippen molar-refractivity contribution in [2.75, 3.05) is 23.4 Å². The molecule has 2 aromatic rings. The van der Waals surface area contributed by atoms with Crippen molar-refractivity contribution < 1.29 is 0 Å². The number of rotatable bonds is 2. The topological polar surface area (TPSA) is 32.3 Å². The fourth-order valence-electron chi connectivity index (χ4n) is 2.26. The lowest BCUT2D eigenvalue weighted by atomic mass is 10.2. The van der Waals surface area contributed by atoms with E-state index >= 15 is 0 Å². The summed E-state index contributed by atoms with van der Waals surface area (Å²) >= 11 is 0. The molecule has 4 nitrogen and oxygen atoms in total. The van der Waals surface area contributed by atoms with Crippen LogP contribution in [-0.2, 0) is 0 Å². The van der Waals surface area contributed by atoms with E-state index in [1.165, 1.54) is 0 Å². The molecule has 0 aliphatic carbocycles. The summed E-state index contributed by atoms with van der Waals surface area (Å²) < 4.78 is 0. The van der Waals surface area contributed by atoms with Crippen LogP contribution in [0.3, 0.4) is 0 Å². The number of pyridine rings is 2. The third-order valence-electron chi connectivity index (χ3n) is 3.07. The van der Waals surface area contributed by atoms with Gasteiger partial charge in [0, 0.05) is 26.0 Å². The van der Waals surface area contributed by atoms with Gasteiger partial charge in [-0.05, 0) is 24.3 Å². The zero-order chi connectivity index (χ0) is 12.5. The number of hydrogen-bond acceptors (Lipinski definition) is 4. The van der Waals surface area contributed by atoms with Gasteiger partial charge in [-0.1, -0.05) is 6.08 Å². The summed E-state index contributed by atoms with van der Waals surface area (Å²) in [7, 11) is 2.01. The Hall–Kier alpha value is -2.36. The molecule has 0 amide bonds. The standard InChI is InChI=1S/C14H14N4/c1-3-10-18-12-7-5-8-15-13(12)17(2)11-6-4-9-16-14(11)18/h3-9H,1,10H2,2H3. The van der Waals surface area contributed by atoms with Crippen LogP contribution in [0.4, 0.5) is 23.0 Å². The zero-order valence-corrected chi connectivity index (χ0v) is 10.2. The highest BCUT2D eigenvalue weighted by molar-refractivity contribution is 5.89. The van der Waals surface area contributed by atoms with Gasteiger partial charge in [0.15, 0.2) is 11.6 Å². The van der Waals surface area contributed by atoms with Crippen molar-refractivity contribution in [3.05, 3.63) is 49.3 Å². The summed E-state index contributed by atoms with van der Waals surface area (Å²) in [5.41, 5.74) is 2.12. The lowest BCUT2D eigenvalue weighted by Gasteiger charge is -2.35. The van der Waals surface area contributed by atoms with Gasteiger partial charge in [0.25, 0.3) is 0 Å². The molecule has 0 saturated heterocycles. The largest absolute Gasteiger partial charge is 0.325 e. The molecule has 0 bridgehead atoms. The predicted molar refractivity (Wildman–Crippen MR) is 73.7 cm³/mol. The smallest absolute Gasteiger partial charge is 0.157 e. The second-order valence-corrected chi connectivity index (χ2v) is 4.15. The first-order valence-electron chi connectivity index (χ1n) is 5.85. The van der Waals surface area contributed by atoms with E-state index in [4.69, 9.17) is 0 Å². The normalized spacial score (nSPS) is 12.9. The van der Waals surface area contributed by atoms with Gasteiger partial charge < -0.3 is 9.80 Å². The van der Waals surface area contributed by atoms with Crippen LogP contribution < -0.4 is 9.80 Å². The lowest BCUT2D eigenvalue weighted by molar-refractivity contribution is 0.975. The molecule has 0 radical (unpaired) electrons. The zero-order valence-electron chi connectivity index (χ0n) is 10.2. The van der Waals surface area contributed by atoms with E-state index in [0.717, 1.165) is 29.6 Å². The molecular formula is C14H14N4. The number of anilines is 4. The maximum Gasteiger partial charge on any atom is 0.157 e. The Morgan fingerprint density at radius 3 is 2.50 bits per heavy atom. The summed E-state index contributed by atoms with van der Waals surface area (Å²) in [5, 5.41) is 0. The molecule has 18 heavy (non-hydrogen) atoms. The van der Waals surface area contributed by atoms with Crippen molar-refractivity contribution in [2.45, 2.75) is 0 Å². The molecule has 0 N–H and O–H groups in total. The van der Waals surface area contributed by atoms with Gasteiger partial charge in [-0.15, -0.1) is 6.58 Å². The highest BCUT2D eigenvalue weighted by atomic mass is 15.3.